The smallest absolute Gasteiger partial charge is 0.297 e. The zero-order chi connectivity index (χ0) is 23.0. The number of aliphatic hydroxyl groups is 1. The van der Waals surface area contributed by atoms with Crippen molar-refractivity contribution in [2.75, 3.05) is 6.54 Å². The van der Waals surface area contributed by atoms with E-state index in [2.05, 4.69) is 15.2 Å². The van der Waals surface area contributed by atoms with Crippen LogP contribution in [0.1, 0.15) is 73.7 Å². The van der Waals surface area contributed by atoms with E-state index in [1.54, 1.807) is 29.2 Å². The number of oxazole rings is 1. The molecule has 0 aliphatic carbocycles. The molecule has 2 aromatic heterocycles. The fourth-order valence-electron chi connectivity index (χ4n) is 4.03. The first-order valence-corrected chi connectivity index (χ1v) is 10.4. The Hall–Kier alpha value is -3.14. The predicted octanol–water partition coefficient (Wildman–Crippen LogP) is 3.83. The van der Waals surface area contributed by atoms with Crippen LogP contribution < -0.4 is 0 Å². The fourth-order valence-corrected chi connectivity index (χ4v) is 4.03. The van der Waals surface area contributed by atoms with E-state index in [4.69, 9.17) is 4.42 Å². The molecule has 0 bridgehead atoms. The molecule has 1 fully saturated rings. The van der Waals surface area contributed by atoms with E-state index >= 15 is 0 Å². The molecule has 0 radical (unpaired) electrons. The van der Waals surface area contributed by atoms with Crippen LogP contribution in [0.15, 0.2) is 41.1 Å². The summed E-state index contributed by atoms with van der Waals surface area (Å²) in [6.07, 6.45) is 1.45. The summed E-state index contributed by atoms with van der Waals surface area (Å²) >= 11 is 0. The van der Waals surface area contributed by atoms with Gasteiger partial charge in [0.2, 0.25) is 0 Å². The largest absolute Gasteiger partial charge is 0.439 e. The van der Waals surface area contributed by atoms with E-state index in [-0.39, 0.29) is 36.0 Å². The van der Waals surface area contributed by atoms with Crippen LogP contribution in [0.2, 0.25) is 0 Å². The van der Waals surface area contributed by atoms with Gasteiger partial charge in [-0.2, -0.15) is 15.0 Å². The first kappa shape index (κ1) is 22.1. The molecule has 0 saturated carbocycles. The van der Waals surface area contributed by atoms with E-state index < -0.39 is 17.8 Å². The number of amides is 1. The average Bonchev–Trinajstić information content (AvgIpc) is 3.44. The lowest BCUT2D eigenvalue weighted by molar-refractivity contribution is 0.0581. The number of hydrogen-bond acceptors (Lipinski definition) is 6. The number of nitrogens with zero attached hydrogens (tertiary/aromatic N) is 5. The summed E-state index contributed by atoms with van der Waals surface area (Å²) in [6.45, 7) is 4.99. The highest BCUT2D eigenvalue weighted by molar-refractivity contribution is 5.98. The summed E-state index contributed by atoms with van der Waals surface area (Å²) in [6, 6.07) is 6.98. The molecule has 8 nitrogen and oxygen atoms in total. The molecule has 32 heavy (non-hydrogen) atoms. The molecule has 1 saturated heterocycles. The van der Waals surface area contributed by atoms with Crippen molar-refractivity contribution in [2.24, 2.45) is 0 Å². The lowest BCUT2D eigenvalue weighted by Crippen LogP contribution is -2.45. The van der Waals surface area contributed by atoms with Gasteiger partial charge in [-0.1, -0.05) is 12.1 Å². The Labute approximate surface area is 183 Å². The van der Waals surface area contributed by atoms with Gasteiger partial charge < -0.3 is 14.4 Å². The molecular weight excluding hydrogens is 420 g/mol. The standard InChI is InChI=1S/C22H25F2N5O3/c1-13-8-9-14(20-27-18(22(2,3)31)17(32-20)19(23)24)12-28(13)21(30)15-6-4-5-7-16(15)29-25-10-11-26-29/h4-7,10-11,13-14,19,31H,8-9,12H2,1-3H3. The number of carbonyl (C=O) groups excluding carboxylic acids is 1. The Morgan fingerprint density at radius 2 is 1.91 bits per heavy atom. The summed E-state index contributed by atoms with van der Waals surface area (Å²) in [4.78, 5) is 20.8. The van der Waals surface area contributed by atoms with Crippen molar-refractivity contribution >= 4 is 5.91 Å². The van der Waals surface area contributed by atoms with Crippen LogP contribution in [0.4, 0.5) is 8.78 Å². The van der Waals surface area contributed by atoms with Gasteiger partial charge in [0, 0.05) is 12.6 Å². The summed E-state index contributed by atoms with van der Waals surface area (Å²) in [5.41, 5.74) is -0.749. The Balaban J connectivity index is 1.64. The van der Waals surface area contributed by atoms with Crippen molar-refractivity contribution in [3.8, 4) is 5.69 Å². The van der Waals surface area contributed by atoms with Crippen molar-refractivity contribution < 1.29 is 23.1 Å². The van der Waals surface area contributed by atoms with Gasteiger partial charge in [0.25, 0.3) is 12.3 Å². The highest BCUT2D eigenvalue weighted by Gasteiger charge is 2.37. The van der Waals surface area contributed by atoms with E-state index in [0.717, 1.165) is 0 Å². The normalized spacial score (nSPS) is 19.5. The van der Waals surface area contributed by atoms with Gasteiger partial charge in [-0.25, -0.2) is 13.8 Å². The number of likely N-dealkylation sites (tertiary alicyclic amines) is 1. The summed E-state index contributed by atoms with van der Waals surface area (Å²) in [5, 5.41) is 18.5. The SMILES string of the molecule is CC1CCC(c2nc(C(C)(C)O)c(C(F)F)o2)CN1C(=O)c1ccccc1-n1nccn1. The lowest BCUT2D eigenvalue weighted by atomic mass is 9.92. The molecule has 1 aliphatic heterocycles. The lowest BCUT2D eigenvalue weighted by Gasteiger charge is -2.37. The molecule has 2 atom stereocenters. The van der Waals surface area contributed by atoms with Crippen LogP contribution >= 0.6 is 0 Å². The van der Waals surface area contributed by atoms with Crippen LogP contribution in [0.25, 0.3) is 5.69 Å². The maximum Gasteiger partial charge on any atom is 0.297 e. The molecule has 4 rings (SSSR count). The number of piperidine rings is 1. The maximum atomic E-state index is 13.5. The third-order valence-corrected chi connectivity index (χ3v) is 5.71. The second kappa shape index (κ2) is 8.42. The summed E-state index contributed by atoms with van der Waals surface area (Å²) in [5.74, 6) is -1.08. The second-order valence-electron chi connectivity index (χ2n) is 8.54. The Bertz CT molecular complexity index is 1090. The van der Waals surface area contributed by atoms with Crippen LogP contribution in [-0.2, 0) is 5.60 Å². The first-order chi connectivity index (χ1) is 15.2. The Kier molecular flexibility index (Phi) is 5.81. The minimum atomic E-state index is -2.90. The zero-order valence-corrected chi connectivity index (χ0v) is 18.1. The summed E-state index contributed by atoms with van der Waals surface area (Å²) in [7, 11) is 0. The predicted molar refractivity (Wildman–Crippen MR) is 111 cm³/mol. The van der Waals surface area contributed by atoms with Crippen LogP contribution in [-0.4, -0.2) is 48.5 Å². The van der Waals surface area contributed by atoms with Crippen molar-refractivity contribution in [1.29, 1.82) is 0 Å². The summed E-state index contributed by atoms with van der Waals surface area (Å²) < 4.78 is 32.4. The van der Waals surface area contributed by atoms with Gasteiger partial charge >= 0.3 is 0 Å². The first-order valence-electron chi connectivity index (χ1n) is 10.4. The van der Waals surface area contributed by atoms with E-state index in [1.165, 1.54) is 31.0 Å². The number of aromatic nitrogens is 4. The number of benzene rings is 1. The molecule has 3 heterocycles. The molecule has 170 valence electrons. The molecule has 1 aromatic carbocycles. The Morgan fingerprint density at radius 3 is 2.53 bits per heavy atom. The van der Waals surface area contributed by atoms with Gasteiger partial charge in [-0.15, -0.1) is 0 Å². The van der Waals surface area contributed by atoms with Crippen LogP contribution in [0, 0.1) is 0 Å². The molecule has 2 unspecified atom stereocenters. The van der Waals surface area contributed by atoms with Gasteiger partial charge in [0.05, 0.1) is 29.6 Å². The minimum absolute atomic E-state index is 0.0596. The average molecular weight is 445 g/mol. The van der Waals surface area contributed by atoms with E-state index in [0.29, 0.717) is 24.1 Å². The quantitative estimate of drug-likeness (QED) is 0.641. The number of carbonyl (C=O) groups is 1. The topological polar surface area (TPSA) is 97.3 Å². The molecule has 10 heteroatoms. The molecule has 0 spiro atoms. The highest BCUT2D eigenvalue weighted by atomic mass is 19.3. The van der Waals surface area contributed by atoms with Gasteiger partial charge in [0.15, 0.2) is 11.7 Å². The number of rotatable bonds is 5. The number of alkyl halides is 2. The molecule has 3 aromatic rings. The third kappa shape index (κ3) is 4.14. The van der Waals surface area contributed by atoms with Gasteiger partial charge in [0.1, 0.15) is 11.3 Å². The molecule has 1 N–H and O–H groups in total. The monoisotopic (exact) mass is 445 g/mol. The third-order valence-electron chi connectivity index (χ3n) is 5.71. The molecule has 1 amide bonds. The van der Waals surface area contributed by atoms with Crippen molar-refractivity contribution in [2.45, 2.75) is 57.6 Å². The van der Waals surface area contributed by atoms with Crippen molar-refractivity contribution in [1.82, 2.24) is 24.9 Å². The van der Waals surface area contributed by atoms with Gasteiger partial charge in [-0.3, -0.25) is 4.79 Å². The van der Waals surface area contributed by atoms with E-state index in [9.17, 15) is 18.7 Å². The number of hydrogen-bond donors (Lipinski definition) is 1. The maximum absolute atomic E-state index is 13.5. The zero-order valence-electron chi connectivity index (χ0n) is 18.1. The highest BCUT2D eigenvalue weighted by Crippen LogP contribution is 2.37. The molecular formula is C22H25F2N5O3. The van der Waals surface area contributed by atoms with Crippen molar-refractivity contribution in [3.63, 3.8) is 0 Å². The van der Waals surface area contributed by atoms with Gasteiger partial charge in [-0.05, 0) is 45.7 Å². The van der Waals surface area contributed by atoms with E-state index in [1.807, 2.05) is 6.92 Å². The minimum Gasteiger partial charge on any atom is -0.439 e. The van der Waals surface area contributed by atoms with Crippen LogP contribution in [0.5, 0.6) is 0 Å². The number of para-hydroxylation sites is 1. The van der Waals surface area contributed by atoms with Crippen LogP contribution in [0.3, 0.4) is 0 Å². The second-order valence-corrected chi connectivity index (χ2v) is 8.54. The molecule has 1 aliphatic rings. The number of halogens is 2. The Morgan fingerprint density at radius 1 is 1.22 bits per heavy atom. The van der Waals surface area contributed by atoms with Crippen molar-refractivity contribution in [3.05, 3.63) is 59.6 Å². The fraction of sp³-hybridized carbons (Fsp3) is 0.455.